The van der Waals surface area contributed by atoms with Crippen molar-refractivity contribution in [3.8, 4) is 5.69 Å². The van der Waals surface area contributed by atoms with E-state index in [4.69, 9.17) is 17.0 Å². The zero-order chi connectivity index (χ0) is 20.0. The monoisotopic (exact) mass is 419 g/mol. The van der Waals surface area contributed by atoms with Gasteiger partial charge in [-0.2, -0.15) is 30.0 Å². The smallest absolute Gasteiger partial charge is 0.303 e. The Morgan fingerprint density at radius 2 is 2.19 bits per heavy atom. The molecule has 0 atom stereocenters. The molecular formula is C16H17ClF3N5OS. The molecule has 2 heterocycles. The van der Waals surface area contributed by atoms with Crippen molar-refractivity contribution in [3.05, 3.63) is 35.9 Å². The first-order chi connectivity index (χ1) is 12.7. The summed E-state index contributed by atoms with van der Waals surface area (Å²) in [7, 11) is 0. The number of carbonyl (C=O) groups excluding carboxylic acids is 1. The van der Waals surface area contributed by atoms with Gasteiger partial charge in [0.25, 0.3) is 5.91 Å². The molecule has 2 aromatic rings. The summed E-state index contributed by atoms with van der Waals surface area (Å²) >= 11 is 7.04. The van der Waals surface area contributed by atoms with Crippen molar-refractivity contribution in [3.63, 3.8) is 0 Å². The molecule has 0 aliphatic rings. The first-order valence-electron chi connectivity index (χ1n) is 7.92. The van der Waals surface area contributed by atoms with E-state index in [1.165, 1.54) is 9.58 Å². The molecule has 0 saturated carbocycles. The van der Waals surface area contributed by atoms with E-state index in [0.717, 1.165) is 11.8 Å². The molecular weight excluding hydrogens is 403 g/mol. The van der Waals surface area contributed by atoms with Gasteiger partial charge in [-0.25, -0.2) is 4.68 Å². The second-order valence-corrected chi connectivity index (χ2v) is 6.87. The van der Waals surface area contributed by atoms with Gasteiger partial charge >= 0.3 is 6.18 Å². The number of nitrogens with zero attached hydrogens (tertiary/aromatic N) is 4. The van der Waals surface area contributed by atoms with Crippen molar-refractivity contribution >= 4 is 40.7 Å². The molecule has 27 heavy (non-hydrogen) atoms. The van der Waals surface area contributed by atoms with Crippen molar-refractivity contribution in [2.45, 2.75) is 19.5 Å². The number of alkyl halides is 3. The molecule has 2 aromatic heterocycles. The number of carbonyl (C=O) groups is 1. The van der Waals surface area contributed by atoms with Crippen LogP contribution in [0.25, 0.3) is 5.69 Å². The van der Waals surface area contributed by atoms with Crippen molar-refractivity contribution in [1.82, 2.24) is 14.8 Å². The molecule has 6 nitrogen and oxygen atoms in total. The lowest BCUT2D eigenvalue weighted by Crippen LogP contribution is -2.37. The summed E-state index contributed by atoms with van der Waals surface area (Å²) < 4.78 is 37.9. The molecule has 0 bridgehead atoms. The Hall–Kier alpha value is -2.07. The topological polar surface area (TPSA) is 74.9 Å². The quantitative estimate of drug-likeness (QED) is 0.518. The van der Waals surface area contributed by atoms with Crippen LogP contribution in [0.5, 0.6) is 0 Å². The summed E-state index contributed by atoms with van der Waals surface area (Å²) in [4.78, 5) is 17.8. The predicted octanol–water partition coefficient (Wildman–Crippen LogP) is 3.98. The van der Waals surface area contributed by atoms with Crippen LogP contribution in [0, 0.1) is 5.41 Å². The van der Waals surface area contributed by atoms with Crippen molar-refractivity contribution < 1.29 is 18.0 Å². The van der Waals surface area contributed by atoms with E-state index in [1.54, 1.807) is 37.6 Å². The summed E-state index contributed by atoms with van der Waals surface area (Å²) in [6.07, 6.45) is -0.478. The van der Waals surface area contributed by atoms with Crippen molar-refractivity contribution in [2.24, 2.45) is 0 Å². The summed E-state index contributed by atoms with van der Waals surface area (Å²) in [6.45, 7) is 1.94. The van der Waals surface area contributed by atoms with E-state index in [1.807, 2.05) is 0 Å². The summed E-state index contributed by atoms with van der Waals surface area (Å²) in [6, 6.07) is 3.48. The van der Waals surface area contributed by atoms with Gasteiger partial charge in [-0.1, -0.05) is 11.6 Å². The lowest BCUT2D eigenvalue weighted by atomic mass is 10.3. The Balaban J connectivity index is 2.06. The van der Waals surface area contributed by atoms with Crippen molar-refractivity contribution in [1.29, 1.82) is 5.41 Å². The highest BCUT2D eigenvalue weighted by Crippen LogP contribution is 2.27. The standard InChI is InChI=1S/C16H17ClF3N5OS/c1-2-24(15(26)12(21)10-27-7-5-16(18,19)20)13-9-25(23-14(13)17)11-4-3-6-22-8-11/h3-4,6,8-9,21H,2,5,7,10H2,1H3. The molecule has 2 rings (SSSR count). The number of anilines is 1. The van der Waals surface area contributed by atoms with Gasteiger partial charge in [0.2, 0.25) is 0 Å². The van der Waals surface area contributed by atoms with Crippen LogP contribution in [0.2, 0.25) is 5.15 Å². The summed E-state index contributed by atoms with van der Waals surface area (Å²) in [5.41, 5.74) is 0.666. The molecule has 0 aromatic carbocycles. The van der Waals surface area contributed by atoms with Crippen LogP contribution in [0.1, 0.15) is 13.3 Å². The van der Waals surface area contributed by atoms with Gasteiger partial charge in [-0.3, -0.25) is 15.2 Å². The minimum atomic E-state index is -4.25. The Bertz CT molecular complexity index is 797. The van der Waals surface area contributed by atoms with Gasteiger partial charge in [0.1, 0.15) is 11.4 Å². The van der Waals surface area contributed by atoms with E-state index in [0.29, 0.717) is 11.4 Å². The predicted molar refractivity (Wildman–Crippen MR) is 100 cm³/mol. The Morgan fingerprint density at radius 1 is 1.44 bits per heavy atom. The number of amides is 1. The number of halogens is 4. The number of thioether (sulfide) groups is 1. The maximum absolute atomic E-state index is 12.5. The van der Waals surface area contributed by atoms with Crippen LogP contribution in [-0.2, 0) is 4.79 Å². The van der Waals surface area contributed by atoms with Crippen molar-refractivity contribution in [2.75, 3.05) is 23.0 Å². The van der Waals surface area contributed by atoms with Gasteiger partial charge in [0.15, 0.2) is 5.15 Å². The highest BCUT2D eigenvalue weighted by molar-refractivity contribution is 8.00. The lowest BCUT2D eigenvalue weighted by molar-refractivity contribution is -0.129. The van der Waals surface area contributed by atoms with Gasteiger partial charge in [-0.15, -0.1) is 0 Å². The van der Waals surface area contributed by atoms with Gasteiger partial charge in [-0.05, 0) is 19.1 Å². The van der Waals surface area contributed by atoms with Crippen LogP contribution >= 0.6 is 23.4 Å². The fraction of sp³-hybridized carbons (Fsp3) is 0.375. The molecule has 0 spiro atoms. The maximum Gasteiger partial charge on any atom is 0.389 e. The molecule has 0 aliphatic carbocycles. The van der Waals surface area contributed by atoms with E-state index in [-0.39, 0.29) is 28.9 Å². The van der Waals surface area contributed by atoms with Crippen LogP contribution in [0.4, 0.5) is 18.9 Å². The van der Waals surface area contributed by atoms with E-state index in [2.05, 4.69) is 10.1 Å². The average molecular weight is 420 g/mol. The lowest BCUT2D eigenvalue weighted by Gasteiger charge is -2.19. The maximum atomic E-state index is 12.5. The SMILES string of the molecule is CCN(C(=O)C(=N)CSCCC(F)(F)F)c1cn(-c2cccnc2)nc1Cl. The van der Waals surface area contributed by atoms with Crippen LogP contribution in [0.15, 0.2) is 30.7 Å². The van der Waals surface area contributed by atoms with Crippen LogP contribution < -0.4 is 4.90 Å². The molecule has 11 heteroatoms. The molecule has 0 fully saturated rings. The molecule has 0 radical (unpaired) electrons. The number of hydrogen-bond acceptors (Lipinski definition) is 5. The summed E-state index contributed by atoms with van der Waals surface area (Å²) in [5, 5.41) is 12.1. The highest BCUT2D eigenvalue weighted by Gasteiger charge is 2.27. The number of aromatic nitrogens is 3. The largest absolute Gasteiger partial charge is 0.389 e. The zero-order valence-corrected chi connectivity index (χ0v) is 15.9. The number of hydrogen-bond donors (Lipinski definition) is 1. The normalized spacial score (nSPS) is 11.4. The van der Waals surface area contributed by atoms with E-state index < -0.39 is 18.5 Å². The Labute approximate surface area is 163 Å². The van der Waals surface area contributed by atoms with Gasteiger partial charge < -0.3 is 4.90 Å². The average Bonchev–Trinajstić information content (AvgIpc) is 3.01. The second kappa shape index (κ2) is 9.23. The number of pyridine rings is 1. The second-order valence-electron chi connectivity index (χ2n) is 5.41. The fourth-order valence-corrected chi connectivity index (χ4v) is 3.24. The molecule has 0 aliphatic heterocycles. The highest BCUT2D eigenvalue weighted by atomic mass is 35.5. The van der Waals surface area contributed by atoms with E-state index >= 15 is 0 Å². The molecule has 0 unspecified atom stereocenters. The first-order valence-corrected chi connectivity index (χ1v) is 9.45. The van der Waals surface area contributed by atoms with Gasteiger partial charge in [0.05, 0.1) is 24.5 Å². The minimum Gasteiger partial charge on any atom is -0.303 e. The third-order valence-corrected chi connectivity index (χ3v) is 4.70. The fourth-order valence-electron chi connectivity index (χ4n) is 2.16. The molecule has 1 amide bonds. The summed E-state index contributed by atoms with van der Waals surface area (Å²) in [5.74, 6) is -0.935. The Morgan fingerprint density at radius 3 is 2.78 bits per heavy atom. The third kappa shape index (κ3) is 5.96. The number of nitrogens with one attached hydrogen (secondary N) is 1. The molecule has 0 saturated heterocycles. The minimum absolute atomic E-state index is 0.0755. The van der Waals surface area contributed by atoms with Gasteiger partial charge in [0, 0.05) is 24.2 Å². The Kier molecular flexibility index (Phi) is 7.25. The van der Waals surface area contributed by atoms with Crippen LogP contribution in [0.3, 0.4) is 0 Å². The van der Waals surface area contributed by atoms with Crippen LogP contribution in [-0.4, -0.2) is 50.6 Å². The number of rotatable bonds is 8. The third-order valence-electron chi connectivity index (χ3n) is 3.45. The zero-order valence-electron chi connectivity index (χ0n) is 14.3. The molecule has 1 N–H and O–H groups in total. The first kappa shape index (κ1) is 21.2. The van der Waals surface area contributed by atoms with E-state index in [9.17, 15) is 18.0 Å². The molecule has 146 valence electrons.